The molecule has 2 saturated heterocycles. The summed E-state index contributed by atoms with van der Waals surface area (Å²) in [7, 11) is 0. The zero-order chi connectivity index (χ0) is 22.7. The van der Waals surface area contributed by atoms with Crippen molar-refractivity contribution < 1.29 is 14.3 Å². The molecule has 170 valence electrons. The Morgan fingerprint density at radius 1 is 1.03 bits per heavy atom. The van der Waals surface area contributed by atoms with Crippen molar-refractivity contribution in [3.05, 3.63) is 58.1 Å². The number of nitrogens with zero attached hydrogens (tertiary/aromatic N) is 1. The largest absolute Gasteiger partial charge is 0.482 e. The normalized spacial score (nSPS) is 22.4. The number of hydrogen-bond acceptors (Lipinski definition) is 4. The van der Waals surface area contributed by atoms with Crippen molar-refractivity contribution in [3.63, 3.8) is 0 Å². The molecule has 3 amide bonds. The molecule has 0 unspecified atom stereocenters. The number of benzene rings is 2. The molecule has 0 saturated carbocycles. The zero-order valence-electron chi connectivity index (χ0n) is 17.5. The standard InChI is InChI=1S/C23H26Cl2N4O3/c24-15-3-1-14(2-4-15)12-29-18-6-7-19(29)11-17(10-18)27-22(30)13-32-21-8-5-16(25)9-20(21)28-23(26)31/h1-5,8-9,17-19H,6-7,10-13H2,(H,27,30)(H3,26,28,31)/t17-,18-,19+. The van der Waals surface area contributed by atoms with E-state index in [1.807, 2.05) is 12.1 Å². The number of halogens is 2. The van der Waals surface area contributed by atoms with E-state index in [0.29, 0.717) is 28.5 Å². The fourth-order valence-corrected chi connectivity index (χ4v) is 5.02. The molecule has 2 aliphatic heterocycles. The highest BCUT2D eigenvalue weighted by atomic mass is 35.5. The Kier molecular flexibility index (Phi) is 7.08. The van der Waals surface area contributed by atoms with Crippen LogP contribution >= 0.6 is 23.2 Å². The second kappa shape index (κ2) is 9.98. The molecule has 0 aromatic heterocycles. The van der Waals surface area contributed by atoms with Gasteiger partial charge in [-0.2, -0.15) is 0 Å². The molecule has 2 aromatic rings. The number of hydrogen-bond donors (Lipinski definition) is 3. The van der Waals surface area contributed by atoms with Gasteiger partial charge in [-0.15, -0.1) is 0 Å². The van der Waals surface area contributed by atoms with Gasteiger partial charge in [-0.1, -0.05) is 35.3 Å². The van der Waals surface area contributed by atoms with E-state index in [9.17, 15) is 9.59 Å². The van der Waals surface area contributed by atoms with Crippen molar-refractivity contribution in [2.45, 2.75) is 50.4 Å². The minimum atomic E-state index is -0.734. The van der Waals surface area contributed by atoms with Gasteiger partial charge in [-0.05, 0) is 61.6 Å². The fourth-order valence-electron chi connectivity index (χ4n) is 4.72. The number of rotatable bonds is 7. The van der Waals surface area contributed by atoms with Crippen molar-refractivity contribution >= 4 is 40.8 Å². The van der Waals surface area contributed by atoms with Gasteiger partial charge >= 0.3 is 6.03 Å². The lowest BCUT2D eigenvalue weighted by Gasteiger charge is -2.39. The van der Waals surface area contributed by atoms with Crippen LogP contribution in [-0.2, 0) is 11.3 Å². The van der Waals surface area contributed by atoms with Gasteiger partial charge in [0.1, 0.15) is 5.75 Å². The van der Waals surface area contributed by atoms with Gasteiger partial charge in [-0.3, -0.25) is 9.69 Å². The molecule has 0 aliphatic carbocycles. The number of amides is 3. The number of nitrogens with two attached hydrogens (primary N) is 1. The van der Waals surface area contributed by atoms with E-state index in [4.69, 9.17) is 33.7 Å². The van der Waals surface area contributed by atoms with E-state index in [1.54, 1.807) is 12.1 Å². The van der Waals surface area contributed by atoms with Gasteiger partial charge in [-0.25, -0.2) is 4.79 Å². The Balaban J connectivity index is 1.29. The second-order valence-corrected chi connectivity index (χ2v) is 9.21. The van der Waals surface area contributed by atoms with E-state index in [-0.39, 0.29) is 18.6 Å². The summed E-state index contributed by atoms with van der Waals surface area (Å²) in [5.74, 6) is 0.140. The van der Waals surface area contributed by atoms with Crippen LogP contribution in [-0.4, -0.2) is 41.6 Å². The molecule has 2 aromatic carbocycles. The molecule has 0 radical (unpaired) electrons. The smallest absolute Gasteiger partial charge is 0.316 e. The first-order chi connectivity index (χ1) is 15.4. The van der Waals surface area contributed by atoms with E-state index in [2.05, 4.69) is 27.7 Å². The predicted octanol–water partition coefficient (Wildman–Crippen LogP) is 4.17. The molecule has 2 bridgehead atoms. The first-order valence-electron chi connectivity index (χ1n) is 10.7. The number of anilines is 1. The van der Waals surface area contributed by atoms with Crippen molar-refractivity contribution in [2.75, 3.05) is 11.9 Å². The average Bonchev–Trinajstić information content (AvgIpc) is 2.96. The van der Waals surface area contributed by atoms with Crippen LogP contribution in [0.1, 0.15) is 31.2 Å². The monoisotopic (exact) mass is 476 g/mol. The Morgan fingerprint density at radius 2 is 1.69 bits per heavy atom. The van der Waals surface area contributed by atoms with Crippen LogP contribution in [0.3, 0.4) is 0 Å². The third-order valence-corrected chi connectivity index (χ3v) is 6.57. The van der Waals surface area contributed by atoms with Gasteiger partial charge in [0.15, 0.2) is 6.61 Å². The predicted molar refractivity (Wildman–Crippen MR) is 125 cm³/mol. The maximum absolute atomic E-state index is 12.5. The third-order valence-electron chi connectivity index (χ3n) is 6.09. The Bertz CT molecular complexity index is 972. The lowest BCUT2D eigenvalue weighted by atomic mass is 9.96. The van der Waals surface area contributed by atoms with Crippen LogP contribution in [0.25, 0.3) is 0 Å². The number of ether oxygens (including phenoxy) is 1. The van der Waals surface area contributed by atoms with E-state index in [0.717, 1.165) is 37.3 Å². The Hall–Kier alpha value is -2.48. The molecular formula is C23H26Cl2N4O3. The van der Waals surface area contributed by atoms with E-state index in [1.165, 1.54) is 11.6 Å². The zero-order valence-corrected chi connectivity index (χ0v) is 19.0. The van der Waals surface area contributed by atoms with Crippen molar-refractivity contribution in [1.82, 2.24) is 10.2 Å². The van der Waals surface area contributed by atoms with Gasteiger partial charge in [0.2, 0.25) is 0 Å². The van der Waals surface area contributed by atoms with Crippen molar-refractivity contribution in [1.29, 1.82) is 0 Å². The molecule has 9 heteroatoms. The van der Waals surface area contributed by atoms with Crippen LogP contribution in [0.5, 0.6) is 5.75 Å². The molecule has 3 atom stereocenters. The van der Waals surface area contributed by atoms with Crippen LogP contribution in [0.4, 0.5) is 10.5 Å². The summed E-state index contributed by atoms with van der Waals surface area (Å²) in [6, 6.07) is 13.0. The highest BCUT2D eigenvalue weighted by molar-refractivity contribution is 6.31. The quantitative estimate of drug-likeness (QED) is 0.558. The highest BCUT2D eigenvalue weighted by Crippen LogP contribution is 2.37. The summed E-state index contributed by atoms with van der Waals surface area (Å²) in [5.41, 5.74) is 6.76. The number of piperidine rings is 1. The van der Waals surface area contributed by atoms with Crippen LogP contribution < -0.4 is 21.1 Å². The lowest BCUT2D eigenvalue weighted by molar-refractivity contribution is -0.124. The molecular weight excluding hydrogens is 451 g/mol. The van der Waals surface area contributed by atoms with Gasteiger partial charge in [0.05, 0.1) is 5.69 Å². The molecule has 2 fully saturated rings. The fraction of sp³-hybridized carbons (Fsp3) is 0.391. The van der Waals surface area contributed by atoms with E-state index >= 15 is 0 Å². The number of nitrogens with one attached hydrogen (secondary N) is 2. The Labute approximate surface area is 197 Å². The van der Waals surface area contributed by atoms with Gasteiger partial charge < -0.3 is 21.1 Å². The summed E-state index contributed by atoms with van der Waals surface area (Å²) in [4.78, 5) is 26.3. The summed E-state index contributed by atoms with van der Waals surface area (Å²) in [5, 5.41) is 6.73. The minimum absolute atomic E-state index is 0.124. The summed E-state index contributed by atoms with van der Waals surface area (Å²) in [6.45, 7) is 0.748. The molecule has 2 aliphatic rings. The van der Waals surface area contributed by atoms with Gasteiger partial charge in [0.25, 0.3) is 5.91 Å². The van der Waals surface area contributed by atoms with Crippen molar-refractivity contribution in [2.24, 2.45) is 5.73 Å². The van der Waals surface area contributed by atoms with Crippen LogP contribution in [0.2, 0.25) is 10.0 Å². The topological polar surface area (TPSA) is 96.7 Å². The van der Waals surface area contributed by atoms with Gasteiger partial charge in [0, 0.05) is 34.7 Å². The summed E-state index contributed by atoms with van der Waals surface area (Å²) in [6.07, 6.45) is 4.14. The number of carbonyl (C=O) groups is 2. The molecule has 4 N–H and O–H groups in total. The second-order valence-electron chi connectivity index (χ2n) is 8.34. The first kappa shape index (κ1) is 22.7. The molecule has 2 heterocycles. The number of fused-ring (bicyclic) bond motifs is 2. The third kappa shape index (κ3) is 5.65. The minimum Gasteiger partial charge on any atom is -0.482 e. The SMILES string of the molecule is NC(=O)Nc1cc(Cl)ccc1OCC(=O)N[C@@H]1C[C@H]2CC[C@@H](C1)N2Cc1ccc(Cl)cc1. The molecule has 32 heavy (non-hydrogen) atoms. The first-order valence-corrected chi connectivity index (χ1v) is 11.4. The molecule has 7 nitrogen and oxygen atoms in total. The molecule has 0 spiro atoms. The maximum Gasteiger partial charge on any atom is 0.316 e. The van der Waals surface area contributed by atoms with Crippen LogP contribution in [0, 0.1) is 0 Å². The average molecular weight is 477 g/mol. The highest BCUT2D eigenvalue weighted by Gasteiger charge is 2.40. The lowest BCUT2D eigenvalue weighted by Crippen LogP contribution is -2.50. The number of primary amides is 1. The van der Waals surface area contributed by atoms with Crippen molar-refractivity contribution in [3.8, 4) is 5.75 Å². The summed E-state index contributed by atoms with van der Waals surface area (Å²) < 4.78 is 5.61. The molecule has 4 rings (SSSR count). The Morgan fingerprint density at radius 3 is 2.34 bits per heavy atom. The van der Waals surface area contributed by atoms with Crippen LogP contribution in [0.15, 0.2) is 42.5 Å². The number of carbonyl (C=O) groups excluding carboxylic acids is 2. The number of urea groups is 1. The summed E-state index contributed by atoms with van der Waals surface area (Å²) >= 11 is 12.0. The maximum atomic E-state index is 12.5. The van der Waals surface area contributed by atoms with E-state index < -0.39 is 6.03 Å².